The normalized spacial score (nSPS) is 10.6. The van der Waals surface area contributed by atoms with Crippen LogP contribution in [0.5, 0.6) is 5.75 Å². The molecule has 0 spiro atoms. The summed E-state index contributed by atoms with van der Waals surface area (Å²) < 4.78 is 31.9. The number of ether oxygens (including phenoxy) is 1. The largest absolute Gasteiger partial charge is 0.481 e. The zero-order chi connectivity index (χ0) is 17.1. The van der Waals surface area contributed by atoms with E-state index in [0.29, 0.717) is 17.3 Å². The van der Waals surface area contributed by atoms with Gasteiger partial charge in [0, 0.05) is 17.1 Å². The van der Waals surface area contributed by atoms with Gasteiger partial charge in [0.25, 0.3) is 5.91 Å². The number of hydrogen-bond donors (Lipinski definition) is 1. The van der Waals surface area contributed by atoms with E-state index in [4.69, 9.17) is 4.74 Å². The molecule has 0 atom stereocenters. The summed E-state index contributed by atoms with van der Waals surface area (Å²) in [5.41, 5.74) is 1.38. The number of rotatable bonds is 4. The first-order valence-corrected chi connectivity index (χ1v) is 7.27. The number of nitrogens with zero attached hydrogens (tertiary/aromatic N) is 1. The molecular weight excluding hydrogens is 314 g/mol. The van der Waals surface area contributed by atoms with Crippen molar-refractivity contribution in [3.05, 3.63) is 65.9 Å². The van der Waals surface area contributed by atoms with E-state index in [-0.39, 0.29) is 12.3 Å². The van der Waals surface area contributed by atoms with Crippen LogP contribution in [0.1, 0.15) is 5.69 Å². The monoisotopic (exact) mass is 328 g/mol. The van der Waals surface area contributed by atoms with Gasteiger partial charge in [-0.05, 0) is 31.2 Å². The minimum Gasteiger partial charge on any atom is -0.481 e. The van der Waals surface area contributed by atoms with Crippen molar-refractivity contribution in [2.75, 3.05) is 11.9 Å². The summed E-state index contributed by atoms with van der Waals surface area (Å²) in [6.07, 6.45) is 0. The molecule has 3 aromatic rings. The standard InChI is InChI=1S/C18H14F2N2O2/c1-11-5-6-12-3-2-4-16(18(12)21-11)24-10-17(23)22-15-8-7-13(19)9-14(15)20/h2-9H,10H2,1H3,(H,22,23). The summed E-state index contributed by atoms with van der Waals surface area (Å²) in [6.45, 7) is 1.55. The molecule has 1 N–H and O–H groups in total. The van der Waals surface area contributed by atoms with Crippen molar-refractivity contribution in [2.45, 2.75) is 6.92 Å². The number of aryl methyl sites for hydroxylation is 1. The van der Waals surface area contributed by atoms with E-state index in [0.717, 1.165) is 23.2 Å². The molecule has 0 unspecified atom stereocenters. The molecule has 0 aliphatic carbocycles. The Bertz CT molecular complexity index is 913. The topological polar surface area (TPSA) is 51.2 Å². The van der Waals surface area contributed by atoms with Gasteiger partial charge in [0.15, 0.2) is 6.61 Å². The van der Waals surface area contributed by atoms with Crippen LogP contribution in [0.15, 0.2) is 48.5 Å². The number of pyridine rings is 1. The zero-order valence-corrected chi connectivity index (χ0v) is 12.8. The fourth-order valence-corrected chi connectivity index (χ4v) is 2.25. The minimum absolute atomic E-state index is 0.100. The molecule has 24 heavy (non-hydrogen) atoms. The molecule has 0 aliphatic rings. The lowest BCUT2D eigenvalue weighted by Crippen LogP contribution is -2.21. The van der Waals surface area contributed by atoms with Crippen molar-refractivity contribution in [3.63, 3.8) is 0 Å². The molecule has 1 amide bonds. The van der Waals surface area contributed by atoms with Crippen LogP contribution in [0.3, 0.4) is 0 Å². The highest BCUT2D eigenvalue weighted by Crippen LogP contribution is 2.24. The maximum Gasteiger partial charge on any atom is 0.262 e. The Morgan fingerprint density at radius 2 is 2.00 bits per heavy atom. The number of fused-ring (bicyclic) bond motifs is 1. The van der Waals surface area contributed by atoms with Gasteiger partial charge < -0.3 is 10.1 Å². The Morgan fingerprint density at radius 3 is 2.79 bits per heavy atom. The molecule has 3 rings (SSSR count). The highest BCUT2D eigenvalue weighted by molar-refractivity contribution is 5.92. The molecular formula is C18H14F2N2O2. The molecule has 0 radical (unpaired) electrons. The van der Waals surface area contributed by atoms with Crippen LogP contribution in [0.25, 0.3) is 10.9 Å². The molecule has 1 aromatic heterocycles. The highest BCUT2D eigenvalue weighted by atomic mass is 19.1. The van der Waals surface area contributed by atoms with E-state index in [1.54, 1.807) is 12.1 Å². The van der Waals surface area contributed by atoms with Crippen molar-refractivity contribution in [2.24, 2.45) is 0 Å². The van der Waals surface area contributed by atoms with Gasteiger partial charge in [0.05, 0.1) is 5.69 Å². The third kappa shape index (κ3) is 3.48. The number of halogens is 2. The molecule has 0 aliphatic heterocycles. The number of nitrogens with one attached hydrogen (secondary N) is 1. The molecule has 2 aromatic carbocycles. The van der Waals surface area contributed by atoms with Crippen molar-refractivity contribution in [1.29, 1.82) is 0 Å². The second-order valence-corrected chi connectivity index (χ2v) is 5.24. The molecule has 6 heteroatoms. The second kappa shape index (κ2) is 6.62. The van der Waals surface area contributed by atoms with Crippen LogP contribution in [0.2, 0.25) is 0 Å². The number of carbonyl (C=O) groups is 1. The Balaban J connectivity index is 1.71. The average Bonchev–Trinajstić information content (AvgIpc) is 2.55. The van der Waals surface area contributed by atoms with Crippen LogP contribution in [-0.2, 0) is 4.79 Å². The van der Waals surface area contributed by atoms with Crippen molar-refractivity contribution < 1.29 is 18.3 Å². The predicted molar refractivity (Wildman–Crippen MR) is 87.0 cm³/mol. The lowest BCUT2D eigenvalue weighted by Gasteiger charge is -2.10. The molecule has 0 fully saturated rings. The molecule has 0 saturated carbocycles. The fourth-order valence-electron chi connectivity index (χ4n) is 2.25. The van der Waals surface area contributed by atoms with E-state index < -0.39 is 17.5 Å². The van der Waals surface area contributed by atoms with Gasteiger partial charge in [-0.25, -0.2) is 13.8 Å². The van der Waals surface area contributed by atoms with Gasteiger partial charge in [-0.1, -0.05) is 18.2 Å². The lowest BCUT2D eigenvalue weighted by atomic mass is 10.2. The molecule has 4 nitrogen and oxygen atoms in total. The quantitative estimate of drug-likeness (QED) is 0.792. The minimum atomic E-state index is -0.842. The summed E-state index contributed by atoms with van der Waals surface area (Å²) in [5, 5.41) is 3.23. The summed E-state index contributed by atoms with van der Waals surface area (Å²) in [4.78, 5) is 16.3. The number of benzene rings is 2. The molecule has 0 bridgehead atoms. The number of anilines is 1. The van der Waals surface area contributed by atoms with E-state index >= 15 is 0 Å². The SMILES string of the molecule is Cc1ccc2cccc(OCC(=O)Nc3ccc(F)cc3F)c2n1. The van der Waals surface area contributed by atoms with Crippen LogP contribution in [0, 0.1) is 18.6 Å². The van der Waals surface area contributed by atoms with E-state index in [9.17, 15) is 13.6 Å². The zero-order valence-electron chi connectivity index (χ0n) is 12.8. The Morgan fingerprint density at radius 1 is 1.17 bits per heavy atom. The number of carbonyl (C=O) groups excluding carboxylic acids is 1. The van der Waals surface area contributed by atoms with Crippen molar-refractivity contribution >= 4 is 22.5 Å². The molecule has 1 heterocycles. The average molecular weight is 328 g/mol. The van der Waals surface area contributed by atoms with Gasteiger partial charge in [-0.15, -0.1) is 0 Å². The summed E-state index contributed by atoms with van der Waals surface area (Å²) in [7, 11) is 0. The highest BCUT2D eigenvalue weighted by Gasteiger charge is 2.10. The Hall–Kier alpha value is -3.02. The summed E-state index contributed by atoms with van der Waals surface area (Å²) in [5.74, 6) is -1.64. The fraction of sp³-hybridized carbons (Fsp3) is 0.111. The van der Waals surface area contributed by atoms with Crippen LogP contribution in [0.4, 0.5) is 14.5 Å². The Kier molecular flexibility index (Phi) is 4.37. The van der Waals surface area contributed by atoms with Gasteiger partial charge in [0.2, 0.25) is 0 Å². The first-order valence-electron chi connectivity index (χ1n) is 7.27. The Labute approximate surface area is 137 Å². The summed E-state index contributed by atoms with van der Waals surface area (Å²) in [6, 6.07) is 12.1. The summed E-state index contributed by atoms with van der Waals surface area (Å²) >= 11 is 0. The van der Waals surface area contributed by atoms with E-state index in [1.165, 1.54) is 0 Å². The number of aromatic nitrogens is 1. The maximum atomic E-state index is 13.5. The number of hydrogen-bond acceptors (Lipinski definition) is 3. The third-order valence-electron chi connectivity index (χ3n) is 3.39. The van der Waals surface area contributed by atoms with Gasteiger partial charge >= 0.3 is 0 Å². The first kappa shape index (κ1) is 15.9. The van der Waals surface area contributed by atoms with Gasteiger partial charge in [-0.3, -0.25) is 4.79 Å². The third-order valence-corrected chi connectivity index (χ3v) is 3.39. The predicted octanol–water partition coefficient (Wildman–Crippen LogP) is 3.84. The van der Waals surface area contributed by atoms with Crippen molar-refractivity contribution in [3.8, 4) is 5.75 Å². The second-order valence-electron chi connectivity index (χ2n) is 5.24. The van der Waals surface area contributed by atoms with Crippen molar-refractivity contribution in [1.82, 2.24) is 4.98 Å². The van der Waals surface area contributed by atoms with Crippen LogP contribution in [-0.4, -0.2) is 17.5 Å². The molecule has 0 saturated heterocycles. The van der Waals surface area contributed by atoms with Crippen LogP contribution < -0.4 is 10.1 Å². The smallest absolute Gasteiger partial charge is 0.262 e. The molecule has 122 valence electrons. The van der Waals surface area contributed by atoms with Gasteiger partial charge in [-0.2, -0.15) is 0 Å². The number of amides is 1. The number of para-hydroxylation sites is 1. The van der Waals surface area contributed by atoms with E-state index in [1.807, 2.05) is 25.1 Å². The van der Waals surface area contributed by atoms with Gasteiger partial charge in [0.1, 0.15) is 22.9 Å². The van der Waals surface area contributed by atoms with Crippen LogP contribution >= 0.6 is 0 Å². The first-order chi connectivity index (χ1) is 11.5. The lowest BCUT2D eigenvalue weighted by molar-refractivity contribution is -0.118. The maximum absolute atomic E-state index is 13.5. The van der Waals surface area contributed by atoms with E-state index in [2.05, 4.69) is 10.3 Å².